The molecular formula is C13H20N2O2S. The highest BCUT2D eigenvalue weighted by molar-refractivity contribution is 7.89. The van der Waals surface area contributed by atoms with E-state index in [0.717, 1.165) is 24.8 Å². The Morgan fingerprint density at radius 2 is 1.94 bits per heavy atom. The number of hydrogen-bond donors (Lipinski definition) is 2. The minimum absolute atomic E-state index is 0.177. The fraction of sp³-hybridized carbons (Fsp3) is 0.538. The Bertz CT molecular complexity index is 520. The van der Waals surface area contributed by atoms with E-state index in [-0.39, 0.29) is 6.04 Å². The summed E-state index contributed by atoms with van der Waals surface area (Å²) in [5.41, 5.74) is 6.70. The van der Waals surface area contributed by atoms with E-state index in [2.05, 4.69) is 4.72 Å². The summed E-state index contributed by atoms with van der Waals surface area (Å²) in [4.78, 5) is 0.302. The minimum Gasteiger partial charge on any atom is -0.324 e. The van der Waals surface area contributed by atoms with Crippen molar-refractivity contribution < 1.29 is 8.42 Å². The molecular weight excluding hydrogens is 248 g/mol. The summed E-state index contributed by atoms with van der Waals surface area (Å²) in [6.07, 6.45) is 2.63. The lowest BCUT2D eigenvalue weighted by Crippen LogP contribution is -2.52. The van der Waals surface area contributed by atoms with Gasteiger partial charge in [0.2, 0.25) is 10.0 Å². The van der Waals surface area contributed by atoms with Crippen LogP contribution in [0.4, 0.5) is 0 Å². The van der Waals surface area contributed by atoms with Crippen LogP contribution in [0.2, 0.25) is 0 Å². The van der Waals surface area contributed by atoms with E-state index >= 15 is 0 Å². The van der Waals surface area contributed by atoms with E-state index in [0.29, 0.717) is 4.90 Å². The summed E-state index contributed by atoms with van der Waals surface area (Å²) in [7, 11) is -3.46. The standard InChI is InChI=1S/C13H20N2O2S/c1-10-5-7-11(8-6-10)18(16,17)15-12-4-3-9-13(12,2)14/h5-8,12,15H,3-4,9,14H2,1-2H3/t12-,13-/m1/s1. The molecule has 1 aromatic carbocycles. The van der Waals surface area contributed by atoms with Crippen LogP contribution < -0.4 is 10.5 Å². The van der Waals surface area contributed by atoms with Crippen LogP contribution in [0.3, 0.4) is 0 Å². The number of benzene rings is 1. The van der Waals surface area contributed by atoms with Crippen LogP contribution in [0.5, 0.6) is 0 Å². The van der Waals surface area contributed by atoms with Crippen LogP contribution in [0.25, 0.3) is 0 Å². The Kier molecular flexibility index (Phi) is 3.49. The average Bonchev–Trinajstić information content (AvgIpc) is 2.58. The molecule has 0 amide bonds. The molecule has 100 valence electrons. The molecule has 2 rings (SSSR count). The molecule has 1 aliphatic carbocycles. The molecule has 4 nitrogen and oxygen atoms in total. The van der Waals surface area contributed by atoms with Gasteiger partial charge in [-0.05, 0) is 45.2 Å². The molecule has 1 aliphatic rings. The Morgan fingerprint density at radius 1 is 1.33 bits per heavy atom. The monoisotopic (exact) mass is 268 g/mol. The Balaban J connectivity index is 2.20. The average molecular weight is 268 g/mol. The number of rotatable bonds is 3. The zero-order valence-corrected chi connectivity index (χ0v) is 11.6. The van der Waals surface area contributed by atoms with Crippen molar-refractivity contribution in [2.75, 3.05) is 0 Å². The fourth-order valence-electron chi connectivity index (χ4n) is 2.36. The van der Waals surface area contributed by atoms with Gasteiger partial charge in [0.1, 0.15) is 0 Å². The molecule has 18 heavy (non-hydrogen) atoms. The third kappa shape index (κ3) is 2.74. The van der Waals surface area contributed by atoms with Gasteiger partial charge in [-0.2, -0.15) is 0 Å². The summed E-state index contributed by atoms with van der Waals surface area (Å²) in [5.74, 6) is 0. The quantitative estimate of drug-likeness (QED) is 0.873. The van der Waals surface area contributed by atoms with E-state index in [4.69, 9.17) is 5.73 Å². The zero-order valence-electron chi connectivity index (χ0n) is 10.8. The highest BCUT2D eigenvalue weighted by atomic mass is 32.2. The van der Waals surface area contributed by atoms with Gasteiger partial charge in [0.25, 0.3) is 0 Å². The van der Waals surface area contributed by atoms with Crippen LogP contribution in [-0.4, -0.2) is 20.0 Å². The van der Waals surface area contributed by atoms with Gasteiger partial charge in [-0.1, -0.05) is 17.7 Å². The van der Waals surface area contributed by atoms with Gasteiger partial charge < -0.3 is 5.73 Å². The van der Waals surface area contributed by atoms with Gasteiger partial charge in [0, 0.05) is 11.6 Å². The van der Waals surface area contributed by atoms with E-state index in [1.165, 1.54) is 0 Å². The van der Waals surface area contributed by atoms with Gasteiger partial charge in [-0.25, -0.2) is 13.1 Å². The minimum atomic E-state index is -3.46. The molecule has 0 heterocycles. The first-order valence-corrected chi connectivity index (χ1v) is 7.67. The lowest BCUT2D eigenvalue weighted by Gasteiger charge is -2.27. The molecule has 0 radical (unpaired) electrons. The van der Waals surface area contributed by atoms with Gasteiger partial charge in [0.05, 0.1) is 4.90 Å². The number of nitrogens with one attached hydrogen (secondary N) is 1. The van der Waals surface area contributed by atoms with Crippen molar-refractivity contribution in [1.82, 2.24) is 4.72 Å². The van der Waals surface area contributed by atoms with Crippen LogP contribution in [0.1, 0.15) is 31.7 Å². The Morgan fingerprint density at radius 3 is 2.44 bits per heavy atom. The maximum atomic E-state index is 12.2. The number of sulfonamides is 1. The predicted molar refractivity (Wildman–Crippen MR) is 71.7 cm³/mol. The molecule has 1 fully saturated rings. The molecule has 0 saturated heterocycles. The second kappa shape index (κ2) is 4.64. The van der Waals surface area contributed by atoms with E-state index < -0.39 is 15.6 Å². The normalized spacial score (nSPS) is 28.5. The predicted octanol–water partition coefficient (Wildman–Crippen LogP) is 1.54. The number of aryl methyl sites for hydroxylation is 1. The van der Waals surface area contributed by atoms with Crippen LogP contribution in [0.15, 0.2) is 29.2 Å². The van der Waals surface area contributed by atoms with Crippen LogP contribution >= 0.6 is 0 Å². The van der Waals surface area contributed by atoms with Gasteiger partial charge >= 0.3 is 0 Å². The maximum Gasteiger partial charge on any atom is 0.240 e. The first-order chi connectivity index (χ1) is 8.31. The van der Waals surface area contributed by atoms with Crippen molar-refractivity contribution >= 4 is 10.0 Å². The van der Waals surface area contributed by atoms with Crippen molar-refractivity contribution in [3.63, 3.8) is 0 Å². The molecule has 0 aromatic heterocycles. The van der Waals surface area contributed by atoms with Gasteiger partial charge in [0.15, 0.2) is 0 Å². The van der Waals surface area contributed by atoms with Crippen molar-refractivity contribution in [3.8, 4) is 0 Å². The molecule has 2 atom stereocenters. The number of nitrogens with two attached hydrogens (primary N) is 1. The molecule has 0 aliphatic heterocycles. The smallest absolute Gasteiger partial charge is 0.240 e. The zero-order chi connectivity index (χ0) is 13.4. The fourth-order valence-corrected chi connectivity index (χ4v) is 3.75. The van der Waals surface area contributed by atoms with Crippen LogP contribution in [-0.2, 0) is 10.0 Å². The largest absolute Gasteiger partial charge is 0.324 e. The summed E-state index contributed by atoms with van der Waals surface area (Å²) in [5, 5.41) is 0. The lowest BCUT2D eigenvalue weighted by molar-refractivity contribution is 0.400. The molecule has 5 heteroatoms. The maximum absolute atomic E-state index is 12.2. The Labute approximate surface area is 109 Å². The van der Waals surface area contributed by atoms with Crippen molar-refractivity contribution in [2.45, 2.75) is 49.6 Å². The molecule has 0 spiro atoms. The summed E-state index contributed by atoms with van der Waals surface area (Å²) in [6.45, 7) is 3.83. The van der Waals surface area contributed by atoms with Crippen LogP contribution in [0, 0.1) is 6.92 Å². The Hall–Kier alpha value is -0.910. The highest BCUT2D eigenvalue weighted by Gasteiger charge is 2.37. The lowest BCUT2D eigenvalue weighted by atomic mass is 9.98. The molecule has 3 N–H and O–H groups in total. The summed E-state index contributed by atoms with van der Waals surface area (Å²) >= 11 is 0. The second-order valence-electron chi connectivity index (χ2n) is 5.38. The van der Waals surface area contributed by atoms with E-state index in [1.54, 1.807) is 24.3 Å². The van der Waals surface area contributed by atoms with Gasteiger partial charge in [-0.3, -0.25) is 0 Å². The molecule has 1 saturated carbocycles. The van der Waals surface area contributed by atoms with Gasteiger partial charge in [-0.15, -0.1) is 0 Å². The second-order valence-corrected chi connectivity index (χ2v) is 7.10. The SMILES string of the molecule is Cc1ccc(S(=O)(=O)N[C@@H]2CCC[C@@]2(C)N)cc1. The van der Waals surface area contributed by atoms with Crippen molar-refractivity contribution in [2.24, 2.45) is 5.73 Å². The topological polar surface area (TPSA) is 72.2 Å². The third-order valence-electron chi connectivity index (χ3n) is 3.63. The summed E-state index contributed by atoms with van der Waals surface area (Å²) in [6, 6.07) is 6.67. The van der Waals surface area contributed by atoms with Crippen molar-refractivity contribution in [3.05, 3.63) is 29.8 Å². The molecule has 0 unspecified atom stereocenters. The first-order valence-electron chi connectivity index (χ1n) is 6.19. The van der Waals surface area contributed by atoms with E-state index in [9.17, 15) is 8.42 Å². The van der Waals surface area contributed by atoms with Crippen molar-refractivity contribution in [1.29, 1.82) is 0 Å². The first kappa shape index (κ1) is 13.5. The highest BCUT2D eigenvalue weighted by Crippen LogP contribution is 2.28. The third-order valence-corrected chi connectivity index (χ3v) is 5.12. The molecule has 0 bridgehead atoms. The summed E-state index contributed by atoms with van der Waals surface area (Å²) < 4.78 is 27.2. The molecule has 1 aromatic rings. The van der Waals surface area contributed by atoms with E-state index in [1.807, 2.05) is 13.8 Å². The number of hydrogen-bond acceptors (Lipinski definition) is 3.